The molecule has 0 bridgehead atoms. The molecule has 330 valence electrons. The molecule has 1 fully saturated rings. The molecule has 3 unspecified atom stereocenters. The van der Waals surface area contributed by atoms with Crippen LogP contribution in [0.25, 0.3) is 0 Å². The van der Waals surface area contributed by atoms with E-state index in [0.29, 0.717) is 19.3 Å². The van der Waals surface area contributed by atoms with Gasteiger partial charge in [-0.05, 0) is 51.4 Å². The number of ether oxygens (including phenoxy) is 3. The van der Waals surface area contributed by atoms with E-state index in [2.05, 4.69) is 54.8 Å². The number of nitrogens with two attached hydrogens (primary N) is 1. The van der Waals surface area contributed by atoms with E-state index >= 15 is 0 Å². The Balaban J connectivity index is 2.33. The Labute approximate surface area is 344 Å². The van der Waals surface area contributed by atoms with Gasteiger partial charge in [-0.15, -0.1) is 0 Å². The van der Waals surface area contributed by atoms with Gasteiger partial charge in [-0.1, -0.05) is 153 Å². The minimum atomic E-state index is -4.73. The first-order valence-corrected chi connectivity index (χ1v) is 23.6. The van der Waals surface area contributed by atoms with Crippen molar-refractivity contribution in [2.24, 2.45) is 5.73 Å². The number of rotatable bonds is 40. The summed E-state index contributed by atoms with van der Waals surface area (Å²) in [4.78, 5) is 46.1. The van der Waals surface area contributed by atoms with Gasteiger partial charge in [-0.25, -0.2) is 4.57 Å². The number of carbonyl (C=O) groups is 3. The lowest BCUT2D eigenvalue weighted by atomic mass is 10.0. The predicted octanol–water partition coefficient (Wildman–Crippen LogP) is 10.6. The second-order valence-electron chi connectivity index (χ2n) is 15.2. The van der Waals surface area contributed by atoms with Crippen LogP contribution in [-0.2, 0) is 42.2 Å². The summed E-state index contributed by atoms with van der Waals surface area (Å²) >= 11 is 0. The standard InChI is InChI=1S/C44H78NO11P/c1-3-5-7-9-11-13-15-17-18-19-21-23-25-27-29-33-43(47)55-38(36-53-57(50,51)54-37-39(45)44(48)49)35-52-42(46)34-30-32-41-40(56-41)31-28-26-24-22-20-16-14-12-10-8-6-4-2/h12,14,20,22,26,28,38-41H,3-11,13,15-19,21,23-25,27,29-37,45H2,1-2H3,(H,48,49)(H,50,51)/b14-12-,22-20-,28-26-/t38-,39+,40?,41?/m1/s1. The molecule has 5 atom stereocenters. The minimum Gasteiger partial charge on any atom is -0.480 e. The molecule has 0 radical (unpaired) electrons. The average molecular weight is 828 g/mol. The van der Waals surface area contributed by atoms with Crippen LogP contribution in [0.4, 0.5) is 0 Å². The maximum Gasteiger partial charge on any atom is 0.472 e. The SMILES string of the molecule is CCCCC/C=C\C/C=C\C/C=C\CC1OC1CCCC(=O)OC[C@H](COP(=O)(O)OC[C@H](N)C(=O)O)OC(=O)CCCCCCCCCCCCCCCCC. The first-order chi connectivity index (χ1) is 27.6. The van der Waals surface area contributed by atoms with Crippen molar-refractivity contribution in [3.8, 4) is 0 Å². The highest BCUT2D eigenvalue weighted by atomic mass is 31.2. The maximum atomic E-state index is 12.6. The Morgan fingerprint density at radius 3 is 1.75 bits per heavy atom. The third-order valence-electron chi connectivity index (χ3n) is 9.82. The quantitative estimate of drug-likeness (QED) is 0.0175. The molecule has 0 spiro atoms. The van der Waals surface area contributed by atoms with Crippen LogP contribution in [0.1, 0.15) is 181 Å². The monoisotopic (exact) mass is 828 g/mol. The molecule has 1 rings (SSSR count). The molecule has 1 aliphatic heterocycles. The Morgan fingerprint density at radius 2 is 1.16 bits per heavy atom. The van der Waals surface area contributed by atoms with Gasteiger partial charge in [-0.3, -0.25) is 23.4 Å². The number of allylic oxidation sites excluding steroid dienone is 5. The second kappa shape index (κ2) is 35.6. The number of carboxylic acids is 1. The largest absolute Gasteiger partial charge is 0.480 e. The third kappa shape index (κ3) is 33.2. The minimum absolute atomic E-state index is 0.102. The van der Waals surface area contributed by atoms with Gasteiger partial charge >= 0.3 is 25.7 Å². The molecular weight excluding hydrogens is 749 g/mol. The molecule has 0 aromatic rings. The van der Waals surface area contributed by atoms with Gasteiger partial charge in [0.15, 0.2) is 6.10 Å². The number of carbonyl (C=O) groups excluding carboxylic acids is 2. The molecule has 1 heterocycles. The lowest BCUT2D eigenvalue weighted by molar-refractivity contribution is -0.161. The van der Waals surface area contributed by atoms with Crippen LogP contribution in [-0.4, -0.2) is 72.1 Å². The van der Waals surface area contributed by atoms with E-state index in [1.165, 1.54) is 89.9 Å². The molecule has 12 nitrogen and oxygen atoms in total. The number of hydrogen-bond acceptors (Lipinski definition) is 10. The number of esters is 2. The molecule has 0 saturated carbocycles. The highest BCUT2D eigenvalue weighted by Gasteiger charge is 2.36. The van der Waals surface area contributed by atoms with Crippen LogP contribution in [0.3, 0.4) is 0 Å². The van der Waals surface area contributed by atoms with Crippen molar-refractivity contribution in [2.75, 3.05) is 19.8 Å². The zero-order valence-corrected chi connectivity index (χ0v) is 36.3. The Morgan fingerprint density at radius 1 is 0.649 bits per heavy atom. The van der Waals surface area contributed by atoms with Crippen LogP contribution in [0.15, 0.2) is 36.5 Å². The van der Waals surface area contributed by atoms with Gasteiger partial charge in [0.2, 0.25) is 0 Å². The molecule has 1 saturated heterocycles. The van der Waals surface area contributed by atoms with Gasteiger partial charge in [0, 0.05) is 12.8 Å². The van der Waals surface area contributed by atoms with Gasteiger partial charge in [-0.2, -0.15) is 0 Å². The van der Waals surface area contributed by atoms with Gasteiger partial charge < -0.3 is 29.9 Å². The summed E-state index contributed by atoms with van der Waals surface area (Å²) in [5, 5.41) is 8.90. The van der Waals surface area contributed by atoms with Gasteiger partial charge in [0.05, 0.1) is 25.4 Å². The Hall–Kier alpha value is -2.34. The molecular formula is C44H78NO11P. The number of epoxide rings is 1. The summed E-state index contributed by atoms with van der Waals surface area (Å²) in [6.07, 6.45) is 39.4. The number of unbranched alkanes of at least 4 members (excludes halogenated alkanes) is 17. The average Bonchev–Trinajstić information content (AvgIpc) is 3.94. The lowest BCUT2D eigenvalue weighted by Crippen LogP contribution is -2.34. The maximum absolute atomic E-state index is 12.6. The zero-order chi connectivity index (χ0) is 41.8. The number of hydrogen-bond donors (Lipinski definition) is 3. The van der Waals surface area contributed by atoms with E-state index in [0.717, 1.165) is 44.9 Å². The first kappa shape index (κ1) is 52.7. The molecule has 0 aromatic carbocycles. The molecule has 4 N–H and O–H groups in total. The van der Waals surface area contributed by atoms with E-state index in [1.54, 1.807) is 0 Å². The fraction of sp³-hybridized carbons (Fsp3) is 0.795. The highest BCUT2D eigenvalue weighted by Crippen LogP contribution is 2.43. The number of aliphatic carboxylic acids is 1. The van der Waals surface area contributed by atoms with Crippen LogP contribution in [0.5, 0.6) is 0 Å². The summed E-state index contributed by atoms with van der Waals surface area (Å²) < 4.78 is 38.5. The molecule has 1 aliphatic rings. The first-order valence-electron chi connectivity index (χ1n) is 22.1. The number of carboxylic acid groups (broad SMARTS) is 1. The summed E-state index contributed by atoms with van der Waals surface area (Å²) in [6.45, 7) is 2.71. The van der Waals surface area contributed by atoms with E-state index in [-0.39, 0.29) is 31.7 Å². The van der Waals surface area contributed by atoms with Crippen molar-refractivity contribution in [3.05, 3.63) is 36.5 Å². The van der Waals surface area contributed by atoms with Crippen LogP contribution in [0, 0.1) is 0 Å². The van der Waals surface area contributed by atoms with Crippen molar-refractivity contribution in [1.82, 2.24) is 0 Å². The molecule has 0 aromatic heterocycles. The van der Waals surface area contributed by atoms with E-state index in [4.69, 9.17) is 29.6 Å². The molecule has 0 aliphatic carbocycles. The van der Waals surface area contributed by atoms with Crippen molar-refractivity contribution in [1.29, 1.82) is 0 Å². The second-order valence-corrected chi connectivity index (χ2v) is 16.7. The van der Waals surface area contributed by atoms with Crippen molar-refractivity contribution in [3.63, 3.8) is 0 Å². The topological polar surface area (TPSA) is 184 Å². The molecule has 57 heavy (non-hydrogen) atoms. The van der Waals surface area contributed by atoms with Crippen molar-refractivity contribution >= 4 is 25.7 Å². The smallest absolute Gasteiger partial charge is 0.472 e. The normalized spacial score (nSPS) is 17.6. The summed E-state index contributed by atoms with van der Waals surface area (Å²) in [5.41, 5.74) is 5.33. The van der Waals surface area contributed by atoms with E-state index in [9.17, 15) is 23.8 Å². The summed E-state index contributed by atoms with van der Waals surface area (Å²) in [5.74, 6) is -2.46. The Kier molecular flexibility index (Phi) is 32.9. The number of phosphoric ester groups is 1. The zero-order valence-electron chi connectivity index (χ0n) is 35.4. The van der Waals surface area contributed by atoms with Gasteiger partial charge in [0.25, 0.3) is 0 Å². The molecule has 13 heteroatoms. The van der Waals surface area contributed by atoms with Gasteiger partial charge in [0.1, 0.15) is 12.6 Å². The summed E-state index contributed by atoms with van der Waals surface area (Å²) in [7, 11) is -4.73. The van der Waals surface area contributed by atoms with Crippen molar-refractivity contribution in [2.45, 2.75) is 205 Å². The van der Waals surface area contributed by atoms with Crippen molar-refractivity contribution < 1.29 is 52.2 Å². The van der Waals surface area contributed by atoms with Crippen LogP contribution in [0.2, 0.25) is 0 Å². The highest BCUT2D eigenvalue weighted by molar-refractivity contribution is 7.47. The lowest BCUT2D eigenvalue weighted by Gasteiger charge is -2.20. The fourth-order valence-electron chi connectivity index (χ4n) is 6.21. The summed E-state index contributed by atoms with van der Waals surface area (Å²) in [6, 6.07) is -1.53. The van der Waals surface area contributed by atoms with E-state index in [1.807, 2.05) is 0 Å². The van der Waals surface area contributed by atoms with Crippen LogP contribution < -0.4 is 5.73 Å². The molecule has 0 amide bonds. The fourth-order valence-corrected chi connectivity index (χ4v) is 6.99. The predicted molar refractivity (Wildman–Crippen MR) is 226 cm³/mol. The van der Waals surface area contributed by atoms with E-state index < -0.39 is 51.1 Å². The Bertz CT molecular complexity index is 1180. The number of phosphoric acid groups is 1. The van der Waals surface area contributed by atoms with Crippen LogP contribution >= 0.6 is 7.82 Å². The third-order valence-corrected chi connectivity index (χ3v) is 10.8.